The monoisotopic (exact) mass is 453 g/mol. The van der Waals surface area contributed by atoms with Crippen LogP contribution in [0.3, 0.4) is 0 Å². The Kier molecular flexibility index (Phi) is 5.38. The minimum absolute atomic E-state index is 0.242. The van der Waals surface area contributed by atoms with Crippen LogP contribution in [0, 0.1) is 20.8 Å². The molecule has 0 saturated carbocycles. The largest absolute Gasteiger partial charge is 0.303 e. The van der Waals surface area contributed by atoms with E-state index in [4.69, 9.17) is 0 Å². The van der Waals surface area contributed by atoms with Crippen LogP contribution in [-0.4, -0.2) is 25.6 Å². The standard InChI is InChI=1S/C27H23N3O2S/c1-17-11-12-28-25(13-17)30-18(2)14-22(19(30)3)15-24-26(31)29(27(32)33-24)16-21-9-6-8-20-7-4-5-10-23(20)21/h4-15H,16H2,1-3H3/b24-15+. The molecule has 2 aromatic heterocycles. The van der Waals surface area contributed by atoms with Gasteiger partial charge in [-0.3, -0.25) is 14.5 Å². The van der Waals surface area contributed by atoms with E-state index in [0.717, 1.165) is 56.4 Å². The van der Waals surface area contributed by atoms with Gasteiger partial charge in [0.2, 0.25) is 0 Å². The van der Waals surface area contributed by atoms with Gasteiger partial charge in [0.05, 0.1) is 11.4 Å². The van der Waals surface area contributed by atoms with Gasteiger partial charge >= 0.3 is 0 Å². The molecule has 0 spiro atoms. The summed E-state index contributed by atoms with van der Waals surface area (Å²) in [6.07, 6.45) is 3.62. The van der Waals surface area contributed by atoms with Crippen molar-refractivity contribution in [3.05, 3.63) is 99.8 Å². The van der Waals surface area contributed by atoms with E-state index in [9.17, 15) is 9.59 Å². The van der Waals surface area contributed by atoms with Crippen LogP contribution in [0.4, 0.5) is 4.79 Å². The molecule has 0 atom stereocenters. The number of rotatable bonds is 4. The minimum atomic E-state index is -0.253. The lowest BCUT2D eigenvalue weighted by Gasteiger charge is -2.14. The van der Waals surface area contributed by atoms with Crippen molar-refractivity contribution < 1.29 is 9.59 Å². The van der Waals surface area contributed by atoms with Crippen molar-refractivity contribution in [3.8, 4) is 5.82 Å². The Morgan fingerprint density at radius 2 is 1.76 bits per heavy atom. The fourth-order valence-corrected chi connectivity index (χ4v) is 5.14. The normalized spacial score (nSPS) is 15.2. The first-order chi connectivity index (χ1) is 15.9. The van der Waals surface area contributed by atoms with E-state index in [1.807, 2.05) is 87.5 Å². The number of imide groups is 1. The molecule has 4 aromatic rings. The van der Waals surface area contributed by atoms with Crippen LogP contribution in [-0.2, 0) is 11.3 Å². The van der Waals surface area contributed by atoms with Gasteiger partial charge in [-0.2, -0.15) is 0 Å². The van der Waals surface area contributed by atoms with Crippen molar-refractivity contribution in [2.45, 2.75) is 27.3 Å². The van der Waals surface area contributed by atoms with Gasteiger partial charge in [-0.1, -0.05) is 42.5 Å². The van der Waals surface area contributed by atoms with E-state index in [0.29, 0.717) is 4.91 Å². The Hall–Kier alpha value is -3.64. The van der Waals surface area contributed by atoms with Crippen LogP contribution in [0.25, 0.3) is 22.7 Å². The third-order valence-corrected chi connectivity index (χ3v) is 6.88. The number of hydrogen-bond acceptors (Lipinski definition) is 4. The summed E-state index contributed by atoms with van der Waals surface area (Å²) in [4.78, 5) is 32.2. The molecule has 1 aliphatic heterocycles. The molecular weight excluding hydrogens is 430 g/mol. The van der Waals surface area contributed by atoms with Crippen molar-refractivity contribution in [1.82, 2.24) is 14.5 Å². The quantitative estimate of drug-likeness (QED) is 0.346. The van der Waals surface area contributed by atoms with E-state index in [2.05, 4.69) is 9.55 Å². The Balaban J connectivity index is 1.46. The smallest absolute Gasteiger partial charge is 0.293 e. The van der Waals surface area contributed by atoms with Crippen LogP contribution in [0.2, 0.25) is 0 Å². The molecule has 1 fully saturated rings. The third kappa shape index (κ3) is 3.87. The molecule has 0 unspecified atom stereocenters. The Morgan fingerprint density at radius 1 is 0.970 bits per heavy atom. The number of thioether (sulfide) groups is 1. The van der Waals surface area contributed by atoms with Gasteiger partial charge in [0.25, 0.3) is 11.1 Å². The van der Waals surface area contributed by atoms with Gasteiger partial charge in [0.1, 0.15) is 5.82 Å². The summed E-state index contributed by atoms with van der Waals surface area (Å²) in [5.74, 6) is 0.588. The highest BCUT2D eigenvalue weighted by Gasteiger charge is 2.35. The van der Waals surface area contributed by atoms with Crippen molar-refractivity contribution >= 4 is 39.8 Å². The van der Waals surface area contributed by atoms with Crippen molar-refractivity contribution in [1.29, 1.82) is 0 Å². The highest BCUT2D eigenvalue weighted by Crippen LogP contribution is 2.35. The predicted octanol–water partition coefficient (Wildman–Crippen LogP) is 6.19. The number of nitrogens with zero attached hydrogens (tertiary/aromatic N) is 3. The molecule has 5 nitrogen and oxygen atoms in total. The second kappa shape index (κ2) is 8.37. The Bertz CT molecular complexity index is 1450. The molecule has 33 heavy (non-hydrogen) atoms. The number of aryl methyl sites for hydroxylation is 2. The predicted molar refractivity (Wildman–Crippen MR) is 133 cm³/mol. The zero-order valence-electron chi connectivity index (χ0n) is 18.7. The highest BCUT2D eigenvalue weighted by atomic mass is 32.2. The van der Waals surface area contributed by atoms with E-state index in [-0.39, 0.29) is 17.7 Å². The van der Waals surface area contributed by atoms with Crippen LogP contribution in [0.5, 0.6) is 0 Å². The van der Waals surface area contributed by atoms with Crippen LogP contribution in [0.15, 0.2) is 71.8 Å². The van der Waals surface area contributed by atoms with Gasteiger partial charge in [-0.15, -0.1) is 0 Å². The molecule has 0 N–H and O–H groups in total. The zero-order chi connectivity index (χ0) is 23.1. The second-order valence-corrected chi connectivity index (χ2v) is 9.25. The fraction of sp³-hybridized carbons (Fsp3) is 0.148. The summed E-state index contributed by atoms with van der Waals surface area (Å²) in [6, 6.07) is 20.0. The van der Waals surface area contributed by atoms with E-state index in [1.165, 1.54) is 4.90 Å². The number of hydrogen-bond donors (Lipinski definition) is 0. The molecule has 2 aromatic carbocycles. The molecule has 0 radical (unpaired) electrons. The van der Waals surface area contributed by atoms with E-state index >= 15 is 0 Å². The zero-order valence-corrected chi connectivity index (χ0v) is 19.5. The van der Waals surface area contributed by atoms with E-state index in [1.54, 1.807) is 6.20 Å². The summed E-state index contributed by atoms with van der Waals surface area (Å²) in [5, 5.41) is 1.90. The molecule has 1 aliphatic rings. The molecule has 0 aliphatic carbocycles. The summed E-state index contributed by atoms with van der Waals surface area (Å²) in [7, 11) is 0. The summed E-state index contributed by atoms with van der Waals surface area (Å²) in [6.45, 7) is 6.31. The first-order valence-corrected chi connectivity index (χ1v) is 11.6. The summed E-state index contributed by atoms with van der Waals surface area (Å²) < 4.78 is 2.07. The maximum Gasteiger partial charge on any atom is 0.293 e. The molecule has 0 bridgehead atoms. The number of aromatic nitrogens is 2. The lowest BCUT2D eigenvalue weighted by molar-refractivity contribution is -0.123. The third-order valence-electron chi connectivity index (χ3n) is 5.97. The first kappa shape index (κ1) is 21.2. The first-order valence-electron chi connectivity index (χ1n) is 10.8. The molecule has 1 saturated heterocycles. The lowest BCUT2D eigenvalue weighted by Crippen LogP contribution is -2.27. The molecule has 164 valence electrons. The van der Waals surface area contributed by atoms with E-state index < -0.39 is 0 Å². The minimum Gasteiger partial charge on any atom is -0.303 e. The van der Waals surface area contributed by atoms with Gasteiger partial charge in [0.15, 0.2) is 0 Å². The van der Waals surface area contributed by atoms with Gasteiger partial charge < -0.3 is 4.57 Å². The number of carbonyl (C=O) groups excluding carboxylic acids is 2. The van der Waals surface area contributed by atoms with Crippen molar-refractivity contribution in [2.24, 2.45) is 0 Å². The van der Waals surface area contributed by atoms with Gasteiger partial charge in [-0.05, 0) is 84.3 Å². The molecule has 3 heterocycles. The number of fused-ring (bicyclic) bond motifs is 1. The average Bonchev–Trinajstić information content (AvgIpc) is 3.23. The number of carbonyl (C=O) groups is 2. The van der Waals surface area contributed by atoms with Crippen LogP contribution < -0.4 is 0 Å². The summed E-state index contributed by atoms with van der Waals surface area (Å²) in [5.41, 5.74) is 4.99. The maximum atomic E-state index is 13.2. The molecule has 6 heteroatoms. The Morgan fingerprint density at radius 3 is 2.58 bits per heavy atom. The van der Waals surface area contributed by atoms with Crippen molar-refractivity contribution in [3.63, 3.8) is 0 Å². The number of pyridine rings is 1. The molecular formula is C27H23N3O2S. The molecule has 2 amide bonds. The van der Waals surface area contributed by atoms with Gasteiger partial charge in [-0.25, -0.2) is 4.98 Å². The fourth-order valence-electron chi connectivity index (χ4n) is 4.31. The lowest BCUT2D eigenvalue weighted by atomic mass is 10.0. The van der Waals surface area contributed by atoms with Crippen molar-refractivity contribution in [2.75, 3.05) is 0 Å². The second-order valence-electron chi connectivity index (χ2n) is 8.26. The van der Waals surface area contributed by atoms with Gasteiger partial charge in [0, 0.05) is 17.6 Å². The summed E-state index contributed by atoms with van der Waals surface area (Å²) >= 11 is 0.997. The Labute approximate surface area is 196 Å². The molecule has 5 rings (SSSR count). The van der Waals surface area contributed by atoms with Crippen LogP contribution in [0.1, 0.15) is 28.1 Å². The topological polar surface area (TPSA) is 55.2 Å². The highest BCUT2D eigenvalue weighted by molar-refractivity contribution is 8.18. The van der Waals surface area contributed by atoms with Crippen LogP contribution >= 0.6 is 11.8 Å². The maximum absolute atomic E-state index is 13.2. The SMILES string of the molecule is Cc1ccnc(-n2c(C)cc(/C=C3/SC(=O)N(Cc4cccc5ccccc45)C3=O)c2C)c1. The number of amides is 2. The number of benzene rings is 2. The average molecular weight is 454 g/mol.